The van der Waals surface area contributed by atoms with Gasteiger partial charge in [0.2, 0.25) is 0 Å². The Hall–Kier alpha value is -1.09. The summed E-state index contributed by atoms with van der Waals surface area (Å²) in [5.41, 5.74) is 0. The summed E-state index contributed by atoms with van der Waals surface area (Å²) in [6.07, 6.45) is 8.45. The van der Waals surface area contributed by atoms with Crippen molar-refractivity contribution < 1.29 is 14.3 Å². The van der Waals surface area contributed by atoms with Gasteiger partial charge in [0.15, 0.2) is 0 Å². The number of cyclic esters (lactones) is 1. The van der Waals surface area contributed by atoms with Crippen LogP contribution in [-0.4, -0.2) is 18.7 Å². The van der Waals surface area contributed by atoms with Crippen molar-refractivity contribution in [3.05, 3.63) is 24.0 Å². The first kappa shape index (κ1) is 8.51. The van der Waals surface area contributed by atoms with Crippen molar-refractivity contribution in [3.8, 4) is 0 Å². The molecule has 1 fully saturated rings. The van der Waals surface area contributed by atoms with Crippen LogP contribution < -0.4 is 0 Å². The minimum Gasteiger partial charge on any atom is -0.424 e. The summed E-state index contributed by atoms with van der Waals surface area (Å²) in [5, 5.41) is 0. The van der Waals surface area contributed by atoms with Gasteiger partial charge in [-0.3, -0.25) is 0 Å². The van der Waals surface area contributed by atoms with Gasteiger partial charge in [-0.2, -0.15) is 0 Å². The largest absolute Gasteiger partial charge is 0.424 e. The van der Waals surface area contributed by atoms with Crippen LogP contribution in [0.2, 0.25) is 0 Å². The number of hydrogen-bond donors (Lipinski definition) is 0. The summed E-state index contributed by atoms with van der Waals surface area (Å²) < 4.78 is 10.4. The Morgan fingerprint density at radius 1 is 1.38 bits per heavy atom. The molecule has 13 heavy (non-hydrogen) atoms. The van der Waals surface area contributed by atoms with E-state index in [1.54, 1.807) is 6.08 Å². The van der Waals surface area contributed by atoms with Crippen molar-refractivity contribution in [2.24, 2.45) is 0 Å². The highest BCUT2D eigenvalue weighted by Gasteiger charge is 2.15. The lowest BCUT2D eigenvalue weighted by Crippen LogP contribution is -2.17. The number of rotatable bonds is 1. The molecular formula is C10H12O3. The molecule has 2 rings (SSSR count). The molecule has 0 aliphatic carbocycles. The molecule has 70 valence electrons. The molecule has 0 aromatic heterocycles. The Morgan fingerprint density at radius 2 is 2.31 bits per heavy atom. The van der Waals surface area contributed by atoms with Gasteiger partial charge >= 0.3 is 5.97 Å². The molecule has 0 N–H and O–H groups in total. The first-order valence-electron chi connectivity index (χ1n) is 4.58. The van der Waals surface area contributed by atoms with Crippen LogP contribution in [0.3, 0.4) is 0 Å². The second-order valence-corrected chi connectivity index (χ2v) is 3.23. The number of ether oxygens (including phenoxy) is 2. The fourth-order valence-corrected chi connectivity index (χ4v) is 1.50. The van der Waals surface area contributed by atoms with E-state index < -0.39 is 0 Å². The Morgan fingerprint density at radius 3 is 2.92 bits per heavy atom. The molecule has 3 nitrogen and oxygen atoms in total. The number of carbonyl (C=O) groups excluding carboxylic acids is 1. The average Bonchev–Trinajstić information content (AvgIpc) is 2.53. The zero-order chi connectivity index (χ0) is 9.10. The molecule has 1 unspecified atom stereocenters. The van der Waals surface area contributed by atoms with E-state index in [4.69, 9.17) is 9.47 Å². The molecule has 1 atom stereocenters. The molecule has 0 amide bonds. The summed E-state index contributed by atoms with van der Waals surface area (Å²) in [6, 6.07) is 0. The maximum Gasteiger partial charge on any atom is 0.336 e. The molecule has 0 saturated carbocycles. The van der Waals surface area contributed by atoms with E-state index in [9.17, 15) is 4.79 Å². The second kappa shape index (κ2) is 3.75. The normalized spacial score (nSPS) is 30.9. The molecule has 0 aromatic carbocycles. The van der Waals surface area contributed by atoms with Crippen molar-refractivity contribution in [1.29, 1.82) is 0 Å². The van der Waals surface area contributed by atoms with E-state index in [2.05, 4.69) is 0 Å². The quantitative estimate of drug-likeness (QED) is 0.574. The highest BCUT2D eigenvalue weighted by atomic mass is 16.5. The van der Waals surface area contributed by atoms with Gasteiger partial charge in [0.1, 0.15) is 5.76 Å². The van der Waals surface area contributed by atoms with Gasteiger partial charge in [0.25, 0.3) is 0 Å². The summed E-state index contributed by atoms with van der Waals surface area (Å²) in [6.45, 7) is 0.812. The molecule has 0 bridgehead atoms. The monoisotopic (exact) mass is 180 g/mol. The molecule has 0 aromatic rings. The fraction of sp³-hybridized carbons (Fsp3) is 0.500. The van der Waals surface area contributed by atoms with Gasteiger partial charge in [0, 0.05) is 12.7 Å². The second-order valence-electron chi connectivity index (χ2n) is 3.23. The molecule has 2 aliphatic heterocycles. The summed E-state index contributed by atoms with van der Waals surface area (Å²) in [5.74, 6) is 0.332. The zero-order valence-electron chi connectivity index (χ0n) is 7.36. The van der Waals surface area contributed by atoms with E-state index >= 15 is 0 Å². The Kier molecular flexibility index (Phi) is 2.45. The van der Waals surface area contributed by atoms with E-state index in [0.717, 1.165) is 19.4 Å². The van der Waals surface area contributed by atoms with Gasteiger partial charge in [0.05, 0.1) is 6.10 Å². The van der Waals surface area contributed by atoms with Gasteiger partial charge < -0.3 is 9.47 Å². The van der Waals surface area contributed by atoms with Crippen LogP contribution in [0.1, 0.15) is 19.3 Å². The number of allylic oxidation sites excluding steroid dienone is 1. The maximum absolute atomic E-state index is 10.7. The fourth-order valence-electron chi connectivity index (χ4n) is 1.50. The van der Waals surface area contributed by atoms with E-state index in [0.29, 0.717) is 5.76 Å². The van der Waals surface area contributed by atoms with Crippen molar-refractivity contribution in [2.75, 3.05) is 6.61 Å². The molecular weight excluding hydrogens is 168 g/mol. The summed E-state index contributed by atoms with van der Waals surface area (Å²) in [4.78, 5) is 10.7. The highest BCUT2D eigenvalue weighted by Crippen LogP contribution is 2.18. The SMILES string of the molecule is O=C1C=C/C(=C/C2CCCCO2)O1. The molecule has 0 radical (unpaired) electrons. The third-order valence-corrected chi connectivity index (χ3v) is 2.17. The predicted molar refractivity (Wildman–Crippen MR) is 46.9 cm³/mol. The molecule has 2 aliphatic rings. The van der Waals surface area contributed by atoms with Crippen LogP contribution in [0.5, 0.6) is 0 Å². The third kappa shape index (κ3) is 2.18. The van der Waals surface area contributed by atoms with Crippen molar-refractivity contribution in [3.63, 3.8) is 0 Å². The lowest BCUT2D eigenvalue weighted by molar-refractivity contribution is -0.132. The lowest BCUT2D eigenvalue weighted by Gasteiger charge is -2.19. The van der Waals surface area contributed by atoms with Crippen LogP contribution in [0.25, 0.3) is 0 Å². The number of carbonyl (C=O) groups is 1. The van der Waals surface area contributed by atoms with Gasteiger partial charge in [-0.25, -0.2) is 4.79 Å². The minimum atomic E-state index is -0.290. The first-order valence-corrected chi connectivity index (χ1v) is 4.58. The summed E-state index contributed by atoms with van der Waals surface area (Å²) >= 11 is 0. The van der Waals surface area contributed by atoms with Crippen molar-refractivity contribution >= 4 is 5.97 Å². The Bertz CT molecular complexity index is 259. The Labute approximate surface area is 77.0 Å². The van der Waals surface area contributed by atoms with Crippen LogP contribution in [0.4, 0.5) is 0 Å². The third-order valence-electron chi connectivity index (χ3n) is 2.17. The highest BCUT2D eigenvalue weighted by molar-refractivity contribution is 5.86. The van der Waals surface area contributed by atoms with E-state index in [1.807, 2.05) is 6.08 Å². The van der Waals surface area contributed by atoms with Crippen molar-refractivity contribution in [1.82, 2.24) is 0 Å². The van der Waals surface area contributed by atoms with Crippen LogP contribution in [0.15, 0.2) is 24.0 Å². The molecule has 3 heteroatoms. The van der Waals surface area contributed by atoms with Crippen LogP contribution in [0, 0.1) is 0 Å². The molecule has 2 heterocycles. The van der Waals surface area contributed by atoms with Crippen LogP contribution in [-0.2, 0) is 14.3 Å². The van der Waals surface area contributed by atoms with E-state index in [-0.39, 0.29) is 12.1 Å². The van der Waals surface area contributed by atoms with Gasteiger partial charge in [-0.15, -0.1) is 0 Å². The average molecular weight is 180 g/mol. The lowest BCUT2D eigenvalue weighted by atomic mass is 10.1. The van der Waals surface area contributed by atoms with Crippen LogP contribution >= 0.6 is 0 Å². The van der Waals surface area contributed by atoms with Crippen molar-refractivity contribution in [2.45, 2.75) is 25.4 Å². The molecule has 0 spiro atoms. The van der Waals surface area contributed by atoms with Gasteiger partial charge in [-0.1, -0.05) is 0 Å². The number of hydrogen-bond acceptors (Lipinski definition) is 3. The summed E-state index contributed by atoms with van der Waals surface area (Å²) in [7, 11) is 0. The minimum absolute atomic E-state index is 0.124. The van der Waals surface area contributed by atoms with E-state index in [1.165, 1.54) is 12.5 Å². The number of esters is 1. The maximum atomic E-state index is 10.7. The topological polar surface area (TPSA) is 35.5 Å². The van der Waals surface area contributed by atoms with Gasteiger partial charge in [-0.05, 0) is 31.4 Å². The first-order chi connectivity index (χ1) is 6.34. The molecule has 1 saturated heterocycles. The zero-order valence-corrected chi connectivity index (χ0v) is 7.36. The smallest absolute Gasteiger partial charge is 0.336 e. The Balaban J connectivity index is 1.95. The predicted octanol–water partition coefficient (Wildman–Crippen LogP) is 1.55. The standard InChI is InChI=1S/C10H12O3/c11-10-5-4-9(13-10)7-8-3-1-2-6-12-8/h4-5,7-8H,1-3,6H2/b9-7-.